The third-order valence-electron chi connectivity index (χ3n) is 15.5. The van der Waals surface area contributed by atoms with Gasteiger partial charge in [-0.3, -0.25) is 0 Å². The summed E-state index contributed by atoms with van der Waals surface area (Å²) in [5.41, 5.74) is 22.6. The van der Waals surface area contributed by atoms with Gasteiger partial charge in [0, 0.05) is 59.0 Å². The minimum Gasteiger partial charge on any atom is -0.456 e. The summed E-state index contributed by atoms with van der Waals surface area (Å²) >= 11 is 1.93. The van der Waals surface area contributed by atoms with Crippen molar-refractivity contribution in [2.45, 2.75) is 24.7 Å². The first-order valence-corrected chi connectivity index (χ1v) is 24.1. The van der Waals surface area contributed by atoms with Crippen molar-refractivity contribution in [2.24, 2.45) is 0 Å². The maximum Gasteiger partial charge on any atom is 0.135 e. The van der Waals surface area contributed by atoms with Gasteiger partial charge in [0.2, 0.25) is 0 Å². The molecule has 2 heterocycles. The van der Waals surface area contributed by atoms with E-state index in [0.29, 0.717) is 0 Å². The van der Waals surface area contributed by atoms with E-state index in [1.54, 1.807) is 0 Å². The second kappa shape index (κ2) is 13.3. The lowest BCUT2D eigenvalue weighted by atomic mass is 9.66. The molecule has 1 atom stereocenters. The van der Waals surface area contributed by atoms with Crippen molar-refractivity contribution in [1.82, 2.24) is 0 Å². The molecule has 12 aromatic rings. The summed E-state index contributed by atoms with van der Waals surface area (Å²) in [6.07, 6.45) is 0. The molecule has 0 saturated carbocycles. The summed E-state index contributed by atoms with van der Waals surface area (Å²) < 4.78 is 9.10. The molecule has 0 fully saturated rings. The molecule has 3 heteroatoms. The standard InChI is InChI=1S/C64H41NOS/c1-63(2)52-22-10-5-18-44(52)45-30-27-40(37-57(45)63)65(39-29-34-59-51(36-39)46-19-8-13-25-58(46)66-59)38-28-32-55-50(35-38)42-16-4-3-15-41(42)43-17-6-11-23-53(43)64(55)54-24-12-7-21-49(54)61-56(64)33-31-48-47-20-9-14-26-60(47)67-62(48)61/h3-37H,1-2H3. The van der Waals surface area contributed by atoms with E-state index in [9.17, 15) is 0 Å². The van der Waals surface area contributed by atoms with Gasteiger partial charge in [0.25, 0.3) is 0 Å². The number of nitrogens with zero attached hydrogens (tertiary/aromatic N) is 1. The number of benzene rings is 10. The summed E-state index contributed by atoms with van der Waals surface area (Å²) in [7, 11) is 0. The van der Waals surface area contributed by atoms with E-state index in [4.69, 9.17) is 4.42 Å². The summed E-state index contributed by atoms with van der Waals surface area (Å²) in [5, 5.41) is 4.87. The SMILES string of the molecule is CC1(C)c2ccccc2-c2ccc(N(c3ccc4c(c3)-c3ccccc3-c3ccccc3C43c4ccccc4-c4c3ccc3c4sc4ccccc43)c3ccc4oc5ccccc5c4c3)cc21. The first-order valence-electron chi connectivity index (χ1n) is 23.3. The fourth-order valence-corrected chi connectivity index (χ4v) is 13.9. The van der Waals surface area contributed by atoms with Gasteiger partial charge in [-0.1, -0.05) is 172 Å². The van der Waals surface area contributed by atoms with E-state index in [1.165, 1.54) is 98.1 Å². The first kappa shape index (κ1) is 37.3. The summed E-state index contributed by atoms with van der Waals surface area (Å²) in [6, 6.07) is 79.8. The summed E-state index contributed by atoms with van der Waals surface area (Å²) in [5.74, 6) is 0. The van der Waals surface area contributed by atoms with Crippen molar-refractivity contribution < 1.29 is 4.42 Å². The second-order valence-corrected chi connectivity index (χ2v) is 20.1. The number of furan rings is 1. The highest BCUT2D eigenvalue weighted by Crippen LogP contribution is 2.64. The van der Waals surface area contributed by atoms with Gasteiger partial charge in [0.05, 0.1) is 5.41 Å². The molecule has 1 unspecified atom stereocenters. The predicted octanol–water partition coefficient (Wildman–Crippen LogP) is 17.7. The zero-order chi connectivity index (χ0) is 44.2. The van der Waals surface area contributed by atoms with Crippen molar-refractivity contribution in [3.8, 4) is 44.5 Å². The van der Waals surface area contributed by atoms with Gasteiger partial charge < -0.3 is 9.32 Å². The normalized spacial score (nSPS) is 15.8. The molecule has 3 aliphatic rings. The first-order chi connectivity index (χ1) is 33.0. The number of rotatable bonds is 3. The average molecular weight is 872 g/mol. The van der Waals surface area contributed by atoms with Gasteiger partial charge in [0.1, 0.15) is 11.2 Å². The molecule has 0 aliphatic heterocycles. The molecule has 67 heavy (non-hydrogen) atoms. The number of hydrogen-bond donors (Lipinski definition) is 0. The maximum atomic E-state index is 6.42. The van der Waals surface area contributed by atoms with Crippen molar-refractivity contribution in [2.75, 3.05) is 4.90 Å². The maximum absolute atomic E-state index is 6.42. The number of fused-ring (bicyclic) bond motifs is 22. The monoisotopic (exact) mass is 871 g/mol. The lowest BCUT2D eigenvalue weighted by molar-refractivity contribution is 0.660. The minimum atomic E-state index is -0.595. The van der Waals surface area contributed by atoms with Gasteiger partial charge in [-0.2, -0.15) is 0 Å². The molecule has 10 aromatic carbocycles. The van der Waals surface area contributed by atoms with Crippen molar-refractivity contribution >= 4 is 70.5 Å². The Hall–Kier alpha value is -7.98. The molecule has 2 aromatic heterocycles. The molecule has 15 rings (SSSR count). The Kier molecular flexibility index (Phi) is 7.41. The highest BCUT2D eigenvalue weighted by atomic mass is 32.1. The zero-order valence-electron chi connectivity index (χ0n) is 37.0. The van der Waals surface area contributed by atoms with E-state index in [1.807, 2.05) is 17.4 Å². The van der Waals surface area contributed by atoms with Crippen LogP contribution in [0.3, 0.4) is 0 Å². The Morgan fingerprint density at radius 2 is 0.896 bits per heavy atom. The molecule has 1 spiro atoms. The fraction of sp³-hybridized carbons (Fsp3) is 0.0625. The molecule has 0 bridgehead atoms. The topological polar surface area (TPSA) is 16.4 Å². The highest BCUT2D eigenvalue weighted by molar-refractivity contribution is 7.26. The van der Waals surface area contributed by atoms with Gasteiger partial charge in [0.15, 0.2) is 0 Å². The Bertz CT molecular complexity index is 4110. The van der Waals surface area contributed by atoms with Crippen LogP contribution in [0.4, 0.5) is 17.1 Å². The molecule has 3 aliphatic carbocycles. The van der Waals surface area contributed by atoms with Crippen LogP contribution >= 0.6 is 11.3 Å². The minimum absolute atomic E-state index is 0.160. The van der Waals surface area contributed by atoms with E-state index in [0.717, 1.165) is 39.0 Å². The van der Waals surface area contributed by atoms with Crippen molar-refractivity contribution in [1.29, 1.82) is 0 Å². The van der Waals surface area contributed by atoms with Crippen LogP contribution in [0.25, 0.3) is 86.6 Å². The number of thiophene rings is 1. The van der Waals surface area contributed by atoms with Crippen LogP contribution in [-0.4, -0.2) is 0 Å². The number of hydrogen-bond acceptors (Lipinski definition) is 3. The van der Waals surface area contributed by atoms with Crippen LogP contribution in [0, 0.1) is 0 Å². The van der Waals surface area contributed by atoms with E-state index in [-0.39, 0.29) is 5.41 Å². The van der Waals surface area contributed by atoms with Crippen LogP contribution in [0.5, 0.6) is 0 Å². The largest absolute Gasteiger partial charge is 0.456 e. The average Bonchev–Trinajstić information content (AvgIpc) is 4.08. The van der Waals surface area contributed by atoms with Crippen LogP contribution < -0.4 is 4.90 Å². The van der Waals surface area contributed by atoms with Gasteiger partial charge >= 0.3 is 0 Å². The zero-order valence-corrected chi connectivity index (χ0v) is 37.8. The lowest BCUT2D eigenvalue weighted by Gasteiger charge is -2.36. The lowest BCUT2D eigenvalue weighted by Crippen LogP contribution is -2.29. The summed E-state index contributed by atoms with van der Waals surface area (Å²) in [6.45, 7) is 4.74. The smallest absolute Gasteiger partial charge is 0.135 e. The third-order valence-corrected chi connectivity index (χ3v) is 16.7. The van der Waals surface area contributed by atoms with Crippen LogP contribution in [0.15, 0.2) is 217 Å². The number of anilines is 3. The van der Waals surface area contributed by atoms with E-state index < -0.39 is 5.41 Å². The van der Waals surface area contributed by atoms with Crippen LogP contribution in [0.2, 0.25) is 0 Å². The van der Waals surface area contributed by atoms with Crippen molar-refractivity contribution in [3.63, 3.8) is 0 Å². The Balaban J connectivity index is 1.04. The second-order valence-electron chi connectivity index (χ2n) is 19.1. The van der Waals surface area contributed by atoms with Crippen LogP contribution in [-0.2, 0) is 10.8 Å². The molecule has 314 valence electrons. The quantitative estimate of drug-likeness (QED) is 0.176. The summed E-state index contributed by atoms with van der Waals surface area (Å²) in [4.78, 5) is 2.48. The molecule has 0 saturated heterocycles. The molecular weight excluding hydrogens is 831 g/mol. The van der Waals surface area contributed by atoms with Crippen molar-refractivity contribution in [3.05, 3.63) is 246 Å². The van der Waals surface area contributed by atoms with Gasteiger partial charge in [-0.05, 0) is 127 Å². The highest BCUT2D eigenvalue weighted by Gasteiger charge is 2.50. The molecule has 2 nitrogen and oxygen atoms in total. The fourth-order valence-electron chi connectivity index (χ4n) is 12.6. The molecule has 0 N–H and O–H groups in total. The van der Waals surface area contributed by atoms with Gasteiger partial charge in [-0.15, -0.1) is 11.3 Å². The van der Waals surface area contributed by atoms with E-state index >= 15 is 0 Å². The number of para-hydroxylation sites is 1. The van der Waals surface area contributed by atoms with E-state index in [2.05, 4.69) is 225 Å². The third kappa shape index (κ3) is 4.84. The Morgan fingerprint density at radius 3 is 1.72 bits per heavy atom. The Morgan fingerprint density at radius 1 is 0.358 bits per heavy atom. The van der Waals surface area contributed by atoms with Crippen LogP contribution in [0.1, 0.15) is 47.2 Å². The predicted molar refractivity (Wildman–Crippen MR) is 281 cm³/mol. The molecule has 0 amide bonds. The van der Waals surface area contributed by atoms with Gasteiger partial charge in [-0.25, -0.2) is 0 Å². The molecule has 0 radical (unpaired) electrons. The molecular formula is C64H41NOS. The Labute approximate surface area is 392 Å².